The summed E-state index contributed by atoms with van der Waals surface area (Å²) >= 11 is 0. The lowest BCUT2D eigenvalue weighted by molar-refractivity contribution is -0.386. The van der Waals surface area contributed by atoms with E-state index in [9.17, 15) is 33.2 Å². The number of nitro groups is 1. The Labute approximate surface area is 140 Å². The van der Waals surface area contributed by atoms with E-state index in [0.717, 1.165) is 24.3 Å². The predicted octanol–water partition coefficient (Wildman–Crippen LogP) is 4.50. The van der Waals surface area contributed by atoms with Gasteiger partial charge in [0.05, 0.1) is 10.5 Å². The second-order valence-electron chi connectivity index (χ2n) is 5.38. The summed E-state index contributed by atoms with van der Waals surface area (Å²) < 4.78 is 39.3. The first kappa shape index (κ1) is 18.4. The highest BCUT2D eigenvalue weighted by Crippen LogP contribution is 2.36. The van der Waals surface area contributed by atoms with E-state index in [1.807, 2.05) is 0 Å². The number of phenolic OH excluding ortho intramolecular Hbond substituents is 1. The molecule has 0 aromatic heterocycles. The zero-order chi connectivity index (χ0) is 18.8. The quantitative estimate of drug-likeness (QED) is 0.487. The highest BCUT2D eigenvalue weighted by molar-refractivity contribution is 6.10. The Balaban J connectivity index is 2.63. The van der Waals surface area contributed by atoms with Crippen molar-refractivity contribution in [2.45, 2.75) is 25.9 Å². The van der Waals surface area contributed by atoms with Gasteiger partial charge in [-0.15, -0.1) is 0 Å². The lowest BCUT2D eigenvalue weighted by Gasteiger charge is -2.13. The lowest BCUT2D eigenvalue weighted by atomic mass is 9.95. The number of carbonyl (C=O) groups is 1. The number of hydrogen-bond acceptors (Lipinski definition) is 4. The first-order valence-corrected chi connectivity index (χ1v) is 7.38. The van der Waals surface area contributed by atoms with Crippen LogP contribution in [0.5, 0.6) is 5.75 Å². The molecule has 0 unspecified atom stereocenters. The highest BCUT2D eigenvalue weighted by Gasteiger charge is 2.35. The number of benzene rings is 2. The minimum Gasteiger partial charge on any atom is -0.502 e. The number of alkyl halides is 3. The van der Waals surface area contributed by atoms with E-state index in [1.54, 1.807) is 6.92 Å². The Kier molecular flexibility index (Phi) is 5.10. The van der Waals surface area contributed by atoms with E-state index in [1.165, 1.54) is 12.1 Å². The molecule has 0 spiro atoms. The van der Waals surface area contributed by atoms with Gasteiger partial charge in [-0.05, 0) is 18.6 Å². The first-order valence-electron chi connectivity index (χ1n) is 7.38. The molecular weight excluding hydrogens is 339 g/mol. The van der Waals surface area contributed by atoms with Gasteiger partial charge in [-0.25, -0.2) is 0 Å². The first-order chi connectivity index (χ1) is 11.7. The fraction of sp³-hybridized carbons (Fsp3) is 0.235. The third-order valence-electron chi connectivity index (χ3n) is 3.62. The molecule has 0 amide bonds. The Hall–Kier alpha value is -2.90. The van der Waals surface area contributed by atoms with Crippen molar-refractivity contribution in [2.75, 3.05) is 0 Å². The smallest absolute Gasteiger partial charge is 0.417 e. The summed E-state index contributed by atoms with van der Waals surface area (Å²) in [6.45, 7) is 1.76. The average Bonchev–Trinajstić information content (AvgIpc) is 2.55. The van der Waals surface area contributed by atoms with E-state index in [4.69, 9.17) is 0 Å². The minimum absolute atomic E-state index is 0.143. The summed E-state index contributed by atoms with van der Waals surface area (Å²) in [5, 5.41) is 21.0. The normalized spacial score (nSPS) is 11.4. The van der Waals surface area contributed by atoms with Gasteiger partial charge >= 0.3 is 11.9 Å². The van der Waals surface area contributed by atoms with Crippen LogP contribution in [0, 0.1) is 10.1 Å². The maximum atomic E-state index is 13.1. The Bertz CT molecular complexity index is 831. The molecule has 2 aromatic rings. The van der Waals surface area contributed by atoms with Gasteiger partial charge in [0, 0.05) is 22.8 Å². The number of nitro benzene ring substituents is 1. The van der Waals surface area contributed by atoms with E-state index in [-0.39, 0.29) is 17.5 Å². The molecule has 8 heteroatoms. The predicted molar refractivity (Wildman–Crippen MR) is 83.6 cm³/mol. The van der Waals surface area contributed by atoms with Gasteiger partial charge < -0.3 is 5.11 Å². The summed E-state index contributed by atoms with van der Waals surface area (Å²) in [6, 6.07) is 6.22. The molecule has 0 radical (unpaired) electrons. The third-order valence-corrected chi connectivity index (χ3v) is 3.62. The molecule has 2 aromatic carbocycles. The number of aryl methyl sites for hydroxylation is 1. The van der Waals surface area contributed by atoms with Crippen LogP contribution in [0.2, 0.25) is 0 Å². The topological polar surface area (TPSA) is 80.4 Å². The molecule has 25 heavy (non-hydrogen) atoms. The summed E-state index contributed by atoms with van der Waals surface area (Å²) in [4.78, 5) is 22.7. The molecule has 5 nitrogen and oxygen atoms in total. The number of halogens is 3. The van der Waals surface area contributed by atoms with Crippen LogP contribution >= 0.6 is 0 Å². The van der Waals surface area contributed by atoms with Gasteiger partial charge in [0.2, 0.25) is 0 Å². The number of aromatic hydroxyl groups is 1. The Morgan fingerprint density at radius 2 is 1.88 bits per heavy atom. The molecule has 132 valence electrons. The fourth-order valence-electron chi connectivity index (χ4n) is 2.49. The third kappa shape index (κ3) is 3.78. The fourth-order valence-corrected chi connectivity index (χ4v) is 2.49. The minimum atomic E-state index is -4.73. The number of hydrogen-bond donors (Lipinski definition) is 1. The van der Waals surface area contributed by atoms with Gasteiger partial charge in [-0.1, -0.05) is 31.5 Å². The van der Waals surface area contributed by atoms with E-state index in [0.29, 0.717) is 6.42 Å². The number of ketones is 1. The molecule has 0 atom stereocenters. The second kappa shape index (κ2) is 6.92. The van der Waals surface area contributed by atoms with Crippen LogP contribution in [0.15, 0.2) is 36.4 Å². The van der Waals surface area contributed by atoms with Crippen molar-refractivity contribution >= 4 is 11.5 Å². The van der Waals surface area contributed by atoms with Crippen LogP contribution in [0.4, 0.5) is 18.9 Å². The summed E-state index contributed by atoms with van der Waals surface area (Å²) in [5.74, 6) is -1.57. The molecule has 0 saturated heterocycles. The largest absolute Gasteiger partial charge is 0.502 e. The van der Waals surface area contributed by atoms with Crippen molar-refractivity contribution in [2.24, 2.45) is 0 Å². The Morgan fingerprint density at radius 3 is 2.44 bits per heavy atom. The van der Waals surface area contributed by atoms with Crippen molar-refractivity contribution in [1.29, 1.82) is 0 Å². The monoisotopic (exact) mass is 353 g/mol. The van der Waals surface area contributed by atoms with Gasteiger partial charge in [0.15, 0.2) is 11.5 Å². The molecule has 0 aliphatic carbocycles. The maximum Gasteiger partial charge on any atom is 0.417 e. The number of nitrogens with zero attached hydrogens (tertiary/aromatic N) is 1. The van der Waals surface area contributed by atoms with Crippen molar-refractivity contribution in [1.82, 2.24) is 0 Å². The summed E-state index contributed by atoms with van der Waals surface area (Å²) in [6.07, 6.45) is -3.96. The number of phenols is 1. The van der Waals surface area contributed by atoms with E-state index < -0.39 is 39.4 Å². The van der Waals surface area contributed by atoms with Gasteiger partial charge in [-0.3, -0.25) is 14.9 Å². The summed E-state index contributed by atoms with van der Waals surface area (Å²) in [7, 11) is 0. The standard InChI is InChI=1S/C17H14F3NO4/c1-2-5-10-8-11(9-14(16(10)23)21(24)25)15(22)12-6-3-4-7-13(12)17(18,19)20/h3-4,6-9,23H,2,5H2,1H3. The van der Waals surface area contributed by atoms with Crippen LogP contribution in [0.3, 0.4) is 0 Å². The van der Waals surface area contributed by atoms with Crippen LogP contribution in [-0.2, 0) is 12.6 Å². The molecule has 0 bridgehead atoms. The lowest BCUT2D eigenvalue weighted by Crippen LogP contribution is -2.14. The second-order valence-corrected chi connectivity index (χ2v) is 5.38. The molecule has 1 N–H and O–H groups in total. The zero-order valence-electron chi connectivity index (χ0n) is 13.1. The summed E-state index contributed by atoms with van der Waals surface area (Å²) in [5.41, 5.74) is -2.56. The van der Waals surface area contributed by atoms with E-state index in [2.05, 4.69) is 0 Å². The molecule has 0 fully saturated rings. The van der Waals surface area contributed by atoms with Crippen LogP contribution in [0.25, 0.3) is 0 Å². The molecule has 0 aliphatic rings. The van der Waals surface area contributed by atoms with Crippen molar-refractivity contribution < 1.29 is 28.0 Å². The average molecular weight is 353 g/mol. The molecule has 0 heterocycles. The number of carbonyl (C=O) groups excluding carboxylic acids is 1. The Morgan fingerprint density at radius 1 is 1.24 bits per heavy atom. The number of rotatable bonds is 5. The van der Waals surface area contributed by atoms with Crippen LogP contribution < -0.4 is 0 Å². The highest BCUT2D eigenvalue weighted by atomic mass is 19.4. The zero-order valence-corrected chi connectivity index (χ0v) is 13.1. The van der Waals surface area contributed by atoms with Gasteiger partial charge in [-0.2, -0.15) is 13.2 Å². The van der Waals surface area contributed by atoms with Gasteiger partial charge in [0.25, 0.3) is 0 Å². The van der Waals surface area contributed by atoms with Crippen LogP contribution in [-0.4, -0.2) is 15.8 Å². The van der Waals surface area contributed by atoms with Crippen molar-refractivity contribution in [3.05, 3.63) is 68.8 Å². The van der Waals surface area contributed by atoms with Gasteiger partial charge in [0.1, 0.15) is 0 Å². The molecule has 2 rings (SSSR count). The molecular formula is C17H14F3NO4. The van der Waals surface area contributed by atoms with Crippen molar-refractivity contribution in [3.63, 3.8) is 0 Å². The van der Waals surface area contributed by atoms with Crippen LogP contribution in [0.1, 0.15) is 40.4 Å². The molecule has 0 aliphatic heterocycles. The van der Waals surface area contributed by atoms with Crippen molar-refractivity contribution in [3.8, 4) is 5.75 Å². The SMILES string of the molecule is CCCc1cc(C(=O)c2ccccc2C(F)(F)F)cc([N+](=O)[O-])c1O. The van der Waals surface area contributed by atoms with E-state index >= 15 is 0 Å². The maximum absolute atomic E-state index is 13.1. The molecule has 0 saturated carbocycles.